The standard InChI is InChI=1S/C28H30/c1-19-21-13-7-9-17-25(21)27(3,4)23(19)15-11-12-16-24-20(2)22-14-8-10-18-26(22)28(24,5)6/h7-18,20H,1H2,2-6H3/b12-11+,23-15-,24-16-. The van der Waals surface area contributed by atoms with Gasteiger partial charge in [0.05, 0.1) is 0 Å². The largest absolute Gasteiger partial charge is 0.0908 e. The molecule has 0 nitrogen and oxygen atoms in total. The third-order valence-corrected chi connectivity index (χ3v) is 6.86. The van der Waals surface area contributed by atoms with Gasteiger partial charge in [0.2, 0.25) is 0 Å². The highest BCUT2D eigenvalue weighted by molar-refractivity contribution is 5.88. The lowest BCUT2D eigenvalue weighted by Gasteiger charge is -2.23. The summed E-state index contributed by atoms with van der Waals surface area (Å²) in [5, 5.41) is 0. The van der Waals surface area contributed by atoms with Crippen LogP contribution in [0.2, 0.25) is 0 Å². The van der Waals surface area contributed by atoms with E-state index in [0.717, 1.165) is 5.57 Å². The van der Waals surface area contributed by atoms with E-state index in [0.29, 0.717) is 5.92 Å². The van der Waals surface area contributed by atoms with Gasteiger partial charge in [0, 0.05) is 16.7 Å². The molecule has 28 heavy (non-hydrogen) atoms. The molecule has 0 bridgehead atoms. The third kappa shape index (κ3) is 2.66. The summed E-state index contributed by atoms with van der Waals surface area (Å²) in [5.74, 6) is 0.464. The molecule has 0 heterocycles. The summed E-state index contributed by atoms with van der Waals surface area (Å²) in [6, 6.07) is 17.5. The Bertz CT molecular complexity index is 1040. The maximum Gasteiger partial charge on any atom is 0.0158 e. The molecule has 0 radical (unpaired) electrons. The van der Waals surface area contributed by atoms with Gasteiger partial charge in [-0.05, 0) is 33.4 Å². The van der Waals surface area contributed by atoms with Gasteiger partial charge < -0.3 is 0 Å². The van der Waals surface area contributed by atoms with Crippen LogP contribution in [0.4, 0.5) is 0 Å². The normalized spacial score (nSPS) is 24.9. The van der Waals surface area contributed by atoms with Gasteiger partial charge in [0.15, 0.2) is 0 Å². The maximum atomic E-state index is 4.37. The lowest BCUT2D eigenvalue weighted by atomic mass is 9.81. The van der Waals surface area contributed by atoms with Gasteiger partial charge in [-0.2, -0.15) is 0 Å². The van der Waals surface area contributed by atoms with Crippen LogP contribution in [0.3, 0.4) is 0 Å². The fraction of sp³-hybridized carbons (Fsp3) is 0.286. The number of fused-ring (bicyclic) bond motifs is 2. The van der Waals surface area contributed by atoms with Crippen molar-refractivity contribution in [3.05, 3.63) is 113 Å². The van der Waals surface area contributed by atoms with Gasteiger partial charge in [-0.25, -0.2) is 0 Å². The summed E-state index contributed by atoms with van der Waals surface area (Å²) in [6.45, 7) is 16.0. The SMILES string of the molecule is C=C1/C(=C/C=C/C=C2/C(C)c3ccccc3C2(C)C)C(C)(C)c2ccccc21. The lowest BCUT2D eigenvalue weighted by Crippen LogP contribution is -2.15. The highest BCUT2D eigenvalue weighted by atomic mass is 14.4. The zero-order valence-corrected chi connectivity index (χ0v) is 17.7. The van der Waals surface area contributed by atoms with Crippen LogP contribution in [0.15, 0.2) is 90.6 Å². The van der Waals surface area contributed by atoms with E-state index in [1.807, 2.05) is 0 Å². The lowest BCUT2D eigenvalue weighted by molar-refractivity contribution is 0.626. The van der Waals surface area contributed by atoms with Crippen molar-refractivity contribution in [2.45, 2.75) is 51.4 Å². The van der Waals surface area contributed by atoms with Crippen molar-refractivity contribution in [3.63, 3.8) is 0 Å². The Kier molecular flexibility index (Phi) is 4.34. The smallest absolute Gasteiger partial charge is 0.0158 e. The van der Waals surface area contributed by atoms with E-state index in [9.17, 15) is 0 Å². The molecule has 2 aromatic rings. The van der Waals surface area contributed by atoms with Crippen molar-refractivity contribution in [2.75, 3.05) is 0 Å². The molecule has 1 atom stereocenters. The predicted molar refractivity (Wildman–Crippen MR) is 122 cm³/mol. The zero-order chi connectivity index (χ0) is 20.1. The van der Waals surface area contributed by atoms with Gasteiger partial charge in [0.1, 0.15) is 0 Å². The summed E-state index contributed by atoms with van der Waals surface area (Å²) in [4.78, 5) is 0. The van der Waals surface area contributed by atoms with E-state index in [2.05, 4.69) is 114 Å². The van der Waals surface area contributed by atoms with Gasteiger partial charge in [-0.3, -0.25) is 0 Å². The molecule has 0 aliphatic heterocycles. The van der Waals surface area contributed by atoms with Crippen LogP contribution >= 0.6 is 0 Å². The fourth-order valence-corrected chi connectivity index (χ4v) is 5.24. The quantitative estimate of drug-likeness (QED) is 0.516. The zero-order valence-electron chi connectivity index (χ0n) is 17.7. The van der Waals surface area contributed by atoms with Gasteiger partial charge >= 0.3 is 0 Å². The van der Waals surface area contributed by atoms with Crippen LogP contribution in [-0.4, -0.2) is 0 Å². The number of allylic oxidation sites excluding steroid dienone is 7. The van der Waals surface area contributed by atoms with Gasteiger partial charge in [-0.15, -0.1) is 0 Å². The molecule has 0 heteroatoms. The Morgan fingerprint density at radius 3 is 2.07 bits per heavy atom. The van der Waals surface area contributed by atoms with E-state index in [1.54, 1.807) is 0 Å². The number of rotatable bonds is 2. The van der Waals surface area contributed by atoms with E-state index in [-0.39, 0.29) is 10.8 Å². The summed E-state index contributed by atoms with van der Waals surface area (Å²) in [5.41, 5.74) is 9.61. The highest BCUT2D eigenvalue weighted by Crippen LogP contribution is 2.50. The molecule has 2 aliphatic carbocycles. The third-order valence-electron chi connectivity index (χ3n) is 6.86. The van der Waals surface area contributed by atoms with Crippen LogP contribution in [0.1, 0.15) is 62.8 Å². The summed E-state index contributed by atoms with van der Waals surface area (Å²) < 4.78 is 0. The molecule has 2 aliphatic rings. The van der Waals surface area contributed by atoms with Crippen LogP contribution < -0.4 is 0 Å². The minimum absolute atomic E-state index is 0.00131. The monoisotopic (exact) mass is 366 g/mol. The number of hydrogen-bond donors (Lipinski definition) is 0. The minimum Gasteiger partial charge on any atom is -0.0908 e. The molecule has 1 unspecified atom stereocenters. The van der Waals surface area contributed by atoms with Crippen LogP contribution in [-0.2, 0) is 10.8 Å². The van der Waals surface area contributed by atoms with Crippen LogP contribution in [0, 0.1) is 0 Å². The van der Waals surface area contributed by atoms with Gasteiger partial charge in [-0.1, -0.05) is 120 Å². The molecule has 0 N–H and O–H groups in total. The first kappa shape index (κ1) is 18.7. The van der Waals surface area contributed by atoms with E-state index in [1.165, 1.54) is 33.4 Å². The Morgan fingerprint density at radius 2 is 1.39 bits per heavy atom. The van der Waals surface area contributed by atoms with Crippen molar-refractivity contribution in [1.29, 1.82) is 0 Å². The summed E-state index contributed by atoms with van der Waals surface area (Å²) >= 11 is 0. The molecule has 0 fully saturated rings. The maximum absolute atomic E-state index is 4.37. The van der Waals surface area contributed by atoms with Gasteiger partial charge in [0.25, 0.3) is 0 Å². The average molecular weight is 367 g/mol. The molecule has 142 valence electrons. The first-order chi connectivity index (χ1) is 13.3. The van der Waals surface area contributed by atoms with Crippen LogP contribution in [0.25, 0.3) is 5.57 Å². The molecule has 0 amide bonds. The van der Waals surface area contributed by atoms with Crippen molar-refractivity contribution < 1.29 is 0 Å². The molecule has 0 aromatic heterocycles. The Labute approximate surface area is 170 Å². The second kappa shape index (κ2) is 6.48. The summed E-state index contributed by atoms with van der Waals surface area (Å²) in [6.07, 6.45) is 8.96. The molecule has 0 saturated heterocycles. The van der Waals surface area contributed by atoms with Crippen molar-refractivity contribution in [1.82, 2.24) is 0 Å². The molecule has 0 spiro atoms. The average Bonchev–Trinajstić information content (AvgIpc) is 2.99. The van der Waals surface area contributed by atoms with Crippen molar-refractivity contribution >= 4 is 5.57 Å². The second-order valence-corrected chi connectivity index (χ2v) is 9.17. The molecule has 4 rings (SSSR count). The Balaban J connectivity index is 1.64. The number of benzene rings is 2. The van der Waals surface area contributed by atoms with E-state index in [4.69, 9.17) is 0 Å². The molecular weight excluding hydrogens is 336 g/mol. The minimum atomic E-state index is 0.00131. The number of hydrogen-bond acceptors (Lipinski definition) is 0. The molecule has 2 aromatic carbocycles. The summed E-state index contributed by atoms with van der Waals surface area (Å²) in [7, 11) is 0. The second-order valence-electron chi connectivity index (χ2n) is 9.17. The first-order valence-electron chi connectivity index (χ1n) is 10.2. The van der Waals surface area contributed by atoms with Crippen LogP contribution in [0.5, 0.6) is 0 Å². The van der Waals surface area contributed by atoms with E-state index < -0.39 is 0 Å². The molecule has 0 saturated carbocycles. The topological polar surface area (TPSA) is 0 Å². The van der Waals surface area contributed by atoms with Crippen molar-refractivity contribution in [3.8, 4) is 0 Å². The molecular formula is C28H30. The van der Waals surface area contributed by atoms with E-state index >= 15 is 0 Å². The predicted octanol–water partition coefficient (Wildman–Crippen LogP) is 7.49. The Morgan fingerprint density at radius 1 is 0.786 bits per heavy atom. The highest BCUT2D eigenvalue weighted by Gasteiger charge is 2.39. The first-order valence-corrected chi connectivity index (χ1v) is 10.2. The fourth-order valence-electron chi connectivity index (χ4n) is 5.24. The Hall–Kier alpha value is -2.60. The van der Waals surface area contributed by atoms with Crippen molar-refractivity contribution in [2.24, 2.45) is 0 Å².